The number of piperidine rings is 1. The van der Waals surface area contributed by atoms with E-state index in [2.05, 4.69) is 15.5 Å². The zero-order chi connectivity index (χ0) is 21.0. The molecule has 1 fully saturated rings. The minimum absolute atomic E-state index is 0.0237. The zero-order valence-electron chi connectivity index (χ0n) is 16.1. The highest BCUT2D eigenvalue weighted by molar-refractivity contribution is 8.13. The Kier molecular flexibility index (Phi) is 6.70. The molecule has 0 aromatic heterocycles. The summed E-state index contributed by atoms with van der Waals surface area (Å²) in [6, 6.07) is 5.05. The van der Waals surface area contributed by atoms with Gasteiger partial charge in [0.1, 0.15) is 5.69 Å². The predicted molar refractivity (Wildman–Crippen MR) is 113 cm³/mol. The number of amidine groups is 1. The maximum atomic E-state index is 11.7. The van der Waals surface area contributed by atoms with Gasteiger partial charge in [0.25, 0.3) is 5.69 Å². The SMILES string of the molecule is CSC(N)=NC1CCN(c2ccc(C3=NNC(=O)CC3CO)cc2[N+](=O)[O-])CC1. The minimum atomic E-state index is -0.482. The van der Waals surface area contributed by atoms with Crippen LogP contribution in [0.1, 0.15) is 24.8 Å². The summed E-state index contributed by atoms with van der Waals surface area (Å²) in [6.07, 6.45) is 3.51. The van der Waals surface area contributed by atoms with Crippen molar-refractivity contribution < 1.29 is 14.8 Å². The molecule has 1 amide bonds. The number of rotatable bonds is 5. The minimum Gasteiger partial charge on any atom is -0.396 e. The largest absolute Gasteiger partial charge is 0.396 e. The van der Waals surface area contributed by atoms with Gasteiger partial charge in [-0.15, -0.1) is 0 Å². The second kappa shape index (κ2) is 9.23. The molecule has 11 heteroatoms. The number of benzene rings is 1. The third-order valence-corrected chi connectivity index (χ3v) is 5.66. The highest BCUT2D eigenvalue weighted by atomic mass is 32.2. The van der Waals surface area contributed by atoms with Crippen LogP contribution < -0.4 is 16.1 Å². The summed E-state index contributed by atoms with van der Waals surface area (Å²) in [5.74, 6) is -0.767. The van der Waals surface area contributed by atoms with Crippen molar-refractivity contribution in [1.29, 1.82) is 0 Å². The van der Waals surface area contributed by atoms with Crippen molar-refractivity contribution in [3.05, 3.63) is 33.9 Å². The number of nitro groups is 1. The second-order valence-electron chi connectivity index (χ2n) is 6.97. The van der Waals surface area contributed by atoms with Crippen molar-refractivity contribution in [3.8, 4) is 0 Å². The van der Waals surface area contributed by atoms with E-state index in [1.54, 1.807) is 12.1 Å². The number of anilines is 1. The van der Waals surface area contributed by atoms with Gasteiger partial charge < -0.3 is 15.7 Å². The molecule has 2 heterocycles. The number of nitrogens with zero attached hydrogens (tertiary/aromatic N) is 4. The number of carbonyl (C=O) groups is 1. The van der Waals surface area contributed by atoms with Crippen molar-refractivity contribution in [2.75, 3.05) is 30.9 Å². The van der Waals surface area contributed by atoms with Crippen molar-refractivity contribution in [1.82, 2.24) is 5.43 Å². The van der Waals surface area contributed by atoms with E-state index in [0.29, 0.717) is 35.2 Å². The first kappa shape index (κ1) is 21.1. The van der Waals surface area contributed by atoms with Gasteiger partial charge >= 0.3 is 0 Å². The van der Waals surface area contributed by atoms with Crippen molar-refractivity contribution in [3.63, 3.8) is 0 Å². The molecule has 0 spiro atoms. The van der Waals surface area contributed by atoms with Crippen molar-refractivity contribution in [2.24, 2.45) is 21.7 Å². The number of thioether (sulfide) groups is 1. The molecule has 0 saturated carbocycles. The van der Waals surface area contributed by atoms with E-state index in [1.165, 1.54) is 17.8 Å². The predicted octanol–water partition coefficient (Wildman–Crippen LogP) is 1.07. The summed E-state index contributed by atoms with van der Waals surface area (Å²) in [5.41, 5.74) is 9.65. The number of aliphatic hydroxyl groups is 1. The van der Waals surface area contributed by atoms with Gasteiger partial charge in [-0.2, -0.15) is 5.10 Å². The lowest BCUT2D eigenvalue weighted by Crippen LogP contribution is -2.36. The van der Waals surface area contributed by atoms with Crippen molar-refractivity contribution >= 4 is 39.9 Å². The number of nitrogens with one attached hydrogen (secondary N) is 1. The molecule has 1 aromatic rings. The number of amides is 1. The molecule has 1 aromatic carbocycles. The van der Waals surface area contributed by atoms with Gasteiger partial charge in [-0.1, -0.05) is 17.8 Å². The van der Waals surface area contributed by atoms with E-state index in [-0.39, 0.29) is 30.7 Å². The maximum Gasteiger partial charge on any atom is 0.293 e. The fraction of sp³-hybridized carbons (Fsp3) is 0.500. The van der Waals surface area contributed by atoms with E-state index >= 15 is 0 Å². The molecule has 156 valence electrons. The summed E-state index contributed by atoms with van der Waals surface area (Å²) in [7, 11) is 0. The Morgan fingerprint density at radius 3 is 2.83 bits per heavy atom. The lowest BCUT2D eigenvalue weighted by molar-refractivity contribution is -0.384. The van der Waals surface area contributed by atoms with E-state index in [1.807, 2.05) is 11.2 Å². The molecule has 2 aliphatic rings. The summed E-state index contributed by atoms with van der Waals surface area (Å²) < 4.78 is 0. The number of hydrogen-bond acceptors (Lipinski definition) is 8. The number of nitrogens with two attached hydrogens (primary N) is 1. The quantitative estimate of drug-likeness (QED) is 0.279. The topological polar surface area (TPSA) is 146 Å². The van der Waals surface area contributed by atoms with Gasteiger partial charge in [0.05, 0.1) is 23.3 Å². The zero-order valence-corrected chi connectivity index (χ0v) is 16.9. The van der Waals surface area contributed by atoms with Crippen LogP contribution in [0.3, 0.4) is 0 Å². The number of aliphatic imine (C=N–C) groups is 1. The second-order valence-corrected chi connectivity index (χ2v) is 7.79. The molecule has 1 saturated heterocycles. The first-order valence-corrected chi connectivity index (χ1v) is 10.5. The van der Waals surface area contributed by atoms with Crippen LogP contribution in [-0.4, -0.2) is 58.8 Å². The van der Waals surface area contributed by atoms with Crippen LogP contribution >= 0.6 is 11.8 Å². The number of aliphatic hydroxyl groups excluding tert-OH is 1. The Morgan fingerprint density at radius 2 is 2.21 bits per heavy atom. The fourth-order valence-electron chi connectivity index (χ4n) is 3.60. The van der Waals surface area contributed by atoms with E-state index < -0.39 is 10.8 Å². The molecule has 1 atom stereocenters. The van der Waals surface area contributed by atoms with Gasteiger partial charge in [0.2, 0.25) is 5.91 Å². The molecular formula is C18H24N6O4S. The lowest BCUT2D eigenvalue weighted by atomic mass is 9.92. The summed E-state index contributed by atoms with van der Waals surface area (Å²) in [6.45, 7) is 1.04. The Hall–Kier alpha value is -2.66. The molecule has 2 aliphatic heterocycles. The number of carbonyl (C=O) groups excluding carboxylic acids is 1. The molecule has 3 rings (SSSR count). The lowest BCUT2D eigenvalue weighted by Gasteiger charge is -2.32. The smallest absolute Gasteiger partial charge is 0.293 e. The van der Waals surface area contributed by atoms with Crippen LogP contribution in [0.25, 0.3) is 0 Å². The third kappa shape index (κ3) is 4.85. The first-order chi connectivity index (χ1) is 13.9. The summed E-state index contributed by atoms with van der Waals surface area (Å²) in [4.78, 5) is 29.3. The fourth-order valence-corrected chi connectivity index (χ4v) is 3.85. The molecule has 0 bridgehead atoms. The average Bonchev–Trinajstić information content (AvgIpc) is 2.73. The average molecular weight is 420 g/mol. The van der Waals surface area contributed by atoms with Gasteiger partial charge in [0.15, 0.2) is 5.17 Å². The normalized spacial score (nSPS) is 21.0. The summed E-state index contributed by atoms with van der Waals surface area (Å²) in [5, 5.41) is 25.9. The number of hydrazone groups is 1. The Morgan fingerprint density at radius 1 is 1.48 bits per heavy atom. The number of nitro benzene ring substituents is 1. The van der Waals surface area contributed by atoms with Crippen molar-refractivity contribution in [2.45, 2.75) is 25.3 Å². The van der Waals surface area contributed by atoms with E-state index in [0.717, 1.165) is 12.8 Å². The molecule has 4 N–H and O–H groups in total. The van der Waals surface area contributed by atoms with Gasteiger partial charge in [-0.3, -0.25) is 19.9 Å². The molecule has 1 unspecified atom stereocenters. The first-order valence-electron chi connectivity index (χ1n) is 9.31. The highest BCUT2D eigenvalue weighted by Gasteiger charge is 2.29. The standard InChI is InChI=1S/C18H24N6O4S/c1-29-18(19)20-13-4-6-23(7-5-13)14-3-2-11(8-15(14)24(27)28)17-12(10-25)9-16(26)21-22-17/h2-3,8,12-13,25H,4-7,9-10H2,1H3,(H2,19,20)(H,21,26). The Labute approximate surface area is 172 Å². The van der Waals surface area contributed by atoms with Crippen LogP contribution in [0, 0.1) is 16.0 Å². The molecule has 29 heavy (non-hydrogen) atoms. The Bertz CT molecular complexity index is 851. The van der Waals surface area contributed by atoms with Gasteiger partial charge in [-0.25, -0.2) is 5.43 Å². The third-order valence-electron chi connectivity index (χ3n) is 5.13. The molecule has 0 aliphatic carbocycles. The van der Waals surface area contributed by atoms with Gasteiger partial charge in [0, 0.05) is 37.1 Å². The van der Waals surface area contributed by atoms with Crippen LogP contribution in [0.4, 0.5) is 11.4 Å². The number of hydrogen-bond donors (Lipinski definition) is 3. The summed E-state index contributed by atoms with van der Waals surface area (Å²) >= 11 is 1.41. The highest BCUT2D eigenvalue weighted by Crippen LogP contribution is 2.33. The van der Waals surface area contributed by atoms with Crippen LogP contribution in [0.5, 0.6) is 0 Å². The molecule has 0 radical (unpaired) electrons. The monoisotopic (exact) mass is 420 g/mol. The Balaban J connectivity index is 1.83. The van der Waals surface area contributed by atoms with Crippen LogP contribution in [0.2, 0.25) is 0 Å². The van der Waals surface area contributed by atoms with E-state index in [9.17, 15) is 20.0 Å². The molecular weight excluding hydrogens is 396 g/mol. The molecule has 10 nitrogen and oxygen atoms in total. The maximum absolute atomic E-state index is 11.7. The van der Waals surface area contributed by atoms with Gasteiger partial charge in [-0.05, 0) is 25.2 Å². The van der Waals surface area contributed by atoms with Crippen LogP contribution in [0.15, 0.2) is 28.3 Å². The van der Waals surface area contributed by atoms with E-state index in [4.69, 9.17) is 5.73 Å². The van der Waals surface area contributed by atoms with Crippen LogP contribution in [-0.2, 0) is 4.79 Å².